The van der Waals surface area contributed by atoms with Crippen LogP contribution in [0, 0.1) is 0 Å². The molecule has 0 bridgehead atoms. The average molecular weight is 355 g/mol. The van der Waals surface area contributed by atoms with E-state index in [4.69, 9.17) is 9.47 Å². The highest BCUT2D eigenvalue weighted by Gasteiger charge is 2.17. The molecule has 0 saturated carbocycles. The summed E-state index contributed by atoms with van der Waals surface area (Å²) in [5.74, 6) is 1.43. The molecule has 2 nitrogen and oxygen atoms in total. The maximum atomic E-state index is 5.88. The van der Waals surface area contributed by atoms with Crippen molar-refractivity contribution in [2.24, 2.45) is 0 Å². The van der Waals surface area contributed by atoms with Crippen molar-refractivity contribution in [1.82, 2.24) is 0 Å². The third-order valence-corrected chi connectivity index (χ3v) is 5.47. The van der Waals surface area contributed by atoms with Gasteiger partial charge in [-0.1, -0.05) is 71.0 Å². The van der Waals surface area contributed by atoms with E-state index in [1.807, 2.05) is 19.1 Å². The van der Waals surface area contributed by atoms with Crippen LogP contribution in [0.5, 0.6) is 5.75 Å². The molecule has 0 amide bonds. The normalized spacial score (nSPS) is 14.1. The van der Waals surface area contributed by atoms with Crippen LogP contribution in [0.3, 0.4) is 0 Å². The molecule has 0 aliphatic carbocycles. The molecule has 0 spiro atoms. The Balaban J connectivity index is 1.85. The molecule has 142 valence electrons. The number of hydrogen-bond donors (Lipinski definition) is 0. The monoisotopic (exact) mass is 354 g/mol. The van der Waals surface area contributed by atoms with E-state index in [-0.39, 0.29) is 11.7 Å². The van der Waals surface area contributed by atoms with Crippen LogP contribution >= 0.6 is 0 Å². The highest BCUT2D eigenvalue weighted by atomic mass is 16.7. The van der Waals surface area contributed by atoms with Crippen molar-refractivity contribution >= 4 is 0 Å². The minimum Gasteiger partial charge on any atom is -0.465 e. The van der Waals surface area contributed by atoms with Crippen molar-refractivity contribution in [3.63, 3.8) is 0 Å². The minimum absolute atomic E-state index is 0.219. The summed E-state index contributed by atoms with van der Waals surface area (Å²) >= 11 is 0. The molecule has 0 radical (unpaired) electrons. The van der Waals surface area contributed by atoms with E-state index in [0.29, 0.717) is 12.5 Å². The smallest absolute Gasteiger partial charge is 0.197 e. The molecule has 26 heavy (non-hydrogen) atoms. The van der Waals surface area contributed by atoms with Gasteiger partial charge >= 0.3 is 0 Å². The molecule has 0 N–H and O–H groups in total. The SMILES string of the molecule is CCC(C)c1ccc(OC(C)OCc2ccc(C(C)(C)CC)cc2)cc1. The van der Waals surface area contributed by atoms with Gasteiger partial charge in [0.2, 0.25) is 0 Å². The quantitative estimate of drug-likeness (QED) is 0.459. The predicted octanol–water partition coefficient (Wildman–Crippen LogP) is 6.83. The van der Waals surface area contributed by atoms with Crippen molar-refractivity contribution < 1.29 is 9.47 Å². The van der Waals surface area contributed by atoms with Gasteiger partial charge in [-0.05, 0) is 59.9 Å². The molecule has 2 aromatic rings. The van der Waals surface area contributed by atoms with E-state index in [1.54, 1.807) is 0 Å². The zero-order valence-corrected chi connectivity index (χ0v) is 17.2. The van der Waals surface area contributed by atoms with Gasteiger partial charge in [0.05, 0.1) is 6.61 Å². The average Bonchev–Trinajstić information content (AvgIpc) is 2.66. The molecule has 0 saturated heterocycles. The van der Waals surface area contributed by atoms with Crippen LogP contribution in [0.15, 0.2) is 48.5 Å². The molecule has 0 aliphatic rings. The molecular weight excluding hydrogens is 320 g/mol. The Morgan fingerprint density at radius 2 is 1.50 bits per heavy atom. The van der Waals surface area contributed by atoms with E-state index in [1.165, 1.54) is 16.7 Å². The molecule has 0 heterocycles. The van der Waals surface area contributed by atoms with Gasteiger partial charge in [0.1, 0.15) is 5.75 Å². The Hall–Kier alpha value is -1.80. The van der Waals surface area contributed by atoms with Crippen molar-refractivity contribution in [2.75, 3.05) is 0 Å². The summed E-state index contributed by atoms with van der Waals surface area (Å²) in [5, 5.41) is 0. The van der Waals surface area contributed by atoms with Crippen molar-refractivity contribution in [3.05, 3.63) is 65.2 Å². The van der Waals surface area contributed by atoms with E-state index in [9.17, 15) is 0 Å². The molecule has 2 atom stereocenters. The van der Waals surface area contributed by atoms with Crippen LogP contribution in [-0.2, 0) is 16.8 Å². The highest BCUT2D eigenvalue weighted by Crippen LogP contribution is 2.27. The molecule has 2 rings (SSSR count). The van der Waals surface area contributed by atoms with E-state index in [0.717, 1.165) is 18.6 Å². The Bertz CT molecular complexity index is 656. The fourth-order valence-corrected chi connectivity index (χ4v) is 2.81. The maximum Gasteiger partial charge on any atom is 0.197 e. The zero-order chi connectivity index (χ0) is 19.2. The lowest BCUT2D eigenvalue weighted by atomic mass is 9.82. The van der Waals surface area contributed by atoms with Gasteiger partial charge in [-0.3, -0.25) is 0 Å². The Morgan fingerprint density at radius 1 is 0.885 bits per heavy atom. The largest absolute Gasteiger partial charge is 0.465 e. The molecular formula is C24H34O2. The lowest BCUT2D eigenvalue weighted by Crippen LogP contribution is -2.17. The first-order valence-electron chi connectivity index (χ1n) is 9.83. The first kappa shape index (κ1) is 20.5. The standard InChI is InChI=1S/C24H34O2/c1-7-18(3)21-11-15-23(16-12-21)26-19(4)25-17-20-9-13-22(14-10-20)24(5,6)8-2/h9-16,18-19H,7-8,17H2,1-6H3. The van der Waals surface area contributed by atoms with Crippen LogP contribution in [0.25, 0.3) is 0 Å². The van der Waals surface area contributed by atoms with Gasteiger partial charge in [0.15, 0.2) is 6.29 Å². The van der Waals surface area contributed by atoms with Crippen molar-refractivity contribution in [1.29, 1.82) is 0 Å². The van der Waals surface area contributed by atoms with Crippen LogP contribution in [0.2, 0.25) is 0 Å². The van der Waals surface area contributed by atoms with E-state index >= 15 is 0 Å². The molecule has 0 fully saturated rings. The number of hydrogen-bond acceptors (Lipinski definition) is 2. The van der Waals surface area contributed by atoms with Gasteiger partial charge in [0, 0.05) is 0 Å². The number of benzene rings is 2. The van der Waals surface area contributed by atoms with Crippen molar-refractivity contribution in [2.45, 2.75) is 78.6 Å². The summed E-state index contributed by atoms with van der Waals surface area (Å²) < 4.78 is 11.7. The zero-order valence-electron chi connectivity index (χ0n) is 17.2. The summed E-state index contributed by atoms with van der Waals surface area (Å²) in [5.41, 5.74) is 4.11. The van der Waals surface area contributed by atoms with E-state index < -0.39 is 0 Å². The lowest BCUT2D eigenvalue weighted by Gasteiger charge is -2.23. The van der Waals surface area contributed by atoms with Crippen molar-refractivity contribution in [3.8, 4) is 5.75 Å². The summed E-state index contributed by atoms with van der Waals surface area (Å²) in [6, 6.07) is 17.1. The summed E-state index contributed by atoms with van der Waals surface area (Å²) in [6.07, 6.45) is 1.99. The van der Waals surface area contributed by atoms with Crippen LogP contribution < -0.4 is 4.74 Å². The molecule has 0 aromatic heterocycles. The Kier molecular flexibility index (Phi) is 7.28. The number of rotatable bonds is 9. The highest BCUT2D eigenvalue weighted by molar-refractivity contribution is 5.29. The lowest BCUT2D eigenvalue weighted by molar-refractivity contribution is -0.0759. The summed E-state index contributed by atoms with van der Waals surface area (Å²) in [6.45, 7) is 13.7. The first-order valence-corrected chi connectivity index (χ1v) is 9.83. The molecule has 2 heteroatoms. The Morgan fingerprint density at radius 3 is 2.04 bits per heavy atom. The second-order valence-corrected chi connectivity index (χ2v) is 7.81. The fourth-order valence-electron chi connectivity index (χ4n) is 2.81. The second kappa shape index (κ2) is 9.23. The first-order chi connectivity index (χ1) is 12.4. The van der Waals surface area contributed by atoms with Gasteiger partial charge in [0.25, 0.3) is 0 Å². The molecule has 2 unspecified atom stereocenters. The molecule has 2 aromatic carbocycles. The van der Waals surface area contributed by atoms with Gasteiger partial charge in [-0.2, -0.15) is 0 Å². The van der Waals surface area contributed by atoms with E-state index in [2.05, 4.69) is 71.0 Å². The van der Waals surface area contributed by atoms with Gasteiger partial charge in [-0.15, -0.1) is 0 Å². The third-order valence-electron chi connectivity index (χ3n) is 5.47. The van der Waals surface area contributed by atoms with Crippen LogP contribution in [0.1, 0.15) is 77.0 Å². The third kappa shape index (κ3) is 5.60. The summed E-state index contributed by atoms with van der Waals surface area (Å²) in [4.78, 5) is 0. The number of ether oxygens (including phenoxy) is 2. The fraction of sp³-hybridized carbons (Fsp3) is 0.500. The Labute approximate surface area is 159 Å². The predicted molar refractivity (Wildman–Crippen MR) is 110 cm³/mol. The van der Waals surface area contributed by atoms with Gasteiger partial charge in [-0.25, -0.2) is 0 Å². The molecule has 0 aliphatic heterocycles. The minimum atomic E-state index is -0.281. The topological polar surface area (TPSA) is 18.5 Å². The second-order valence-electron chi connectivity index (χ2n) is 7.81. The maximum absolute atomic E-state index is 5.88. The van der Waals surface area contributed by atoms with Crippen LogP contribution in [-0.4, -0.2) is 6.29 Å². The van der Waals surface area contributed by atoms with Crippen LogP contribution in [0.4, 0.5) is 0 Å². The van der Waals surface area contributed by atoms with Gasteiger partial charge < -0.3 is 9.47 Å². The summed E-state index contributed by atoms with van der Waals surface area (Å²) in [7, 11) is 0.